The second kappa shape index (κ2) is 10.9. The Balaban J connectivity index is 1.46. The van der Waals surface area contributed by atoms with Crippen molar-refractivity contribution in [3.05, 3.63) is 77.4 Å². The van der Waals surface area contributed by atoms with Crippen LogP contribution in [0.1, 0.15) is 61.5 Å². The molecule has 3 aromatic rings. The van der Waals surface area contributed by atoms with Crippen molar-refractivity contribution in [1.29, 1.82) is 0 Å². The smallest absolute Gasteiger partial charge is 0.258 e. The van der Waals surface area contributed by atoms with Gasteiger partial charge in [0.05, 0.1) is 5.69 Å². The third-order valence-corrected chi connectivity index (χ3v) is 7.06. The molecule has 0 aromatic heterocycles. The van der Waals surface area contributed by atoms with E-state index in [1.807, 2.05) is 81.4 Å². The minimum atomic E-state index is -0.598. The van der Waals surface area contributed by atoms with Crippen molar-refractivity contribution in [2.75, 3.05) is 11.4 Å². The average molecular weight is 486 g/mol. The van der Waals surface area contributed by atoms with Crippen molar-refractivity contribution >= 4 is 34.2 Å². The molecule has 2 atom stereocenters. The molecule has 0 saturated heterocycles. The Labute approximate surface area is 213 Å². The molecule has 0 spiro atoms. The first-order valence-electron chi connectivity index (χ1n) is 12.8. The van der Waals surface area contributed by atoms with Crippen LogP contribution in [0.2, 0.25) is 0 Å². The Hall–Kier alpha value is -3.67. The van der Waals surface area contributed by atoms with E-state index >= 15 is 0 Å². The van der Waals surface area contributed by atoms with Crippen molar-refractivity contribution in [3.8, 4) is 0 Å². The lowest BCUT2D eigenvalue weighted by molar-refractivity contribution is -0.140. The van der Waals surface area contributed by atoms with Crippen LogP contribution in [0.5, 0.6) is 0 Å². The van der Waals surface area contributed by atoms with Crippen LogP contribution in [0.15, 0.2) is 60.7 Å². The maximum absolute atomic E-state index is 13.4. The highest BCUT2D eigenvalue weighted by Gasteiger charge is 2.30. The predicted molar refractivity (Wildman–Crippen MR) is 144 cm³/mol. The van der Waals surface area contributed by atoms with Crippen molar-refractivity contribution in [2.24, 2.45) is 0 Å². The van der Waals surface area contributed by atoms with Crippen LogP contribution in [-0.2, 0) is 16.1 Å². The van der Waals surface area contributed by atoms with Gasteiger partial charge in [0.2, 0.25) is 11.8 Å². The quantitative estimate of drug-likeness (QED) is 0.428. The average Bonchev–Trinajstić information content (AvgIpc) is 3.15. The number of aryl methyl sites for hydroxylation is 1. The molecule has 0 bridgehead atoms. The summed E-state index contributed by atoms with van der Waals surface area (Å²) in [7, 11) is 0. The first-order chi connectivity index (χ1) is 17.3. The number of hydrogen-bond acceptors (Lipinski definition) is 3. The number of nitrogens with one attached hydrogen (secondary N) is 1. The van der Waals surface area contributed by atoms with Crippen LogP contribution in [0.4, 0.5) is 5.69 Å². The van der Waals surface area contributed by atoms with E-state index in [1.165, 1.54) is 0 Å². The summed E-state index contributed by atoms with van der Waals surface area (Å²) in [6.07, 6.45) is 1.59. The number of carbonyl (C=O) groups excluding carboxylic acids is 3. The summed E-state index contributed by atoms with van der Waals surface area (Å²) < 4.78 is 0. The first-order valence-corrected chi connectivity index (χ1v) is 12.8. The van der Waals surface area contributed by atoms with E-state index in [0.29, 0.717) is 25.1 Å². The lowest BCUT2D eigenvalue weighted by atomic mass is 10.1. The number of rotatable bonds is 10. The summed E-state index contributed by atoms with van der Waals surface area (Å²) >= 11 is 0. The third-order valence-electron chi connectivity index (χ3n) is 7.06. The van der Waals surface area contributed by atoms with Crippen molar-refractivity contribution in [3.63, 3.8) is 0 Å². The highest BCUT2D eigenvalue weighted by molar-refractivity contribution is 6.25. The zero-order chi connectivity index (χ0) is 25.8. The molecule has 3 aromatic carbocycles. The molecule has 36 heavy (non-hydrogen) atoms. The molecule has 0 unspecified atom stereocenters. The minimum absolute atomic E-state index is 0.0212. The van der Waals surface area contributed by atoms with Crippen LogP contribution in [-0.4, -0.2) is 41.2 Å². The maximum atomic E-state index is 13.4. The van der Waals surface area contributed by atoms with Gasteiger partial charge in [-0.25, -0.2) is 0 Å². The van der Waals surface area contributed by atoms with Crippen LogP contribution in [0.3, 0.4) is 0 Å². The molecule has 0 saturated carbocycles. The van der Waals surface area contributed by atoms with Gasteiger partial charge in [-0.1, -0.05) is 61.0 Å². The van der Waals surface area contributed by atoms with E-state index in [1.54, 1.807) is 16.7 Å². The van der Waals surface area contributed by atoms with Crippen LogP contribution in [0.25, 0.3) is 10.8 Å². The van der Waals surface area contributed by atoms with Gasteiger partial charge in [-0.05, 0) is 56.7 Å². The van der Waals surface area contributed by atoms with E-state index in [-0.39, 0.29) is 30.2 Å². The van der Waals surface area contributed by atoms with Crippen molar-refractivity contribution in [1.82, 2.24) is 10.2 Å². The second-order valence-electron chi connectivity index (χ2n) is 9.74. The van der Waals surface area contributed by atoms with E-state index in [4.69, 9.17) is 0 Å². The summed E-state index contributed by atoms with van der Waals surface area (Å²) in [6.45, 7) is 8.59. The maximum Gasteiger partial charge on any atom is 0.258 e. The summed E-state index contributed by atoms with van der Waals surface area (Å²) in [6, 6.07) is 19.2. The van der Waals surface area contributed by atoms with Gasteiger partial charge in [-0.2, -0.15) is 0 Å². The SMILES string of the molecule is CC[C@H](C)NC(=O)[C@H](C)N(Cc1ccc(C)cc1)C(=O)CCCN1C(=O)c2cccc3cccc1c23. The van der Waals surface area contributed by atoms with Gasteiger partial charge in [-0.15, -0.1) is 0 Å². The standard InChI is InChI=1S/C30H35N3O3/c1-5-21(3)31-29(35)22(4)33(19-23-16-14-20(2)15-17-23)27(34)13-8-18-32-26-12-7-10-24-9-6-11-25(28(24)26)30(32)36/h6-7,9-12,14-17,21-22H,5,8,13,18-19H2,1-4H3,(H,31,35)/t21-,22-/m0/s1. The van der Waals surface area contributed by atoms with Crippen molar-refractivity contribution in [2.45, 2.75) is 65.6 Å². The summed E-state index contributed by atoms with van der Waals surface area (Å²) in [5.41, 5.74) is 3.74. The third kappa shape index (κ3) is 5.27. The van der Waals surface area contributed by atoms with Crippen LogP contribution < -0.4 is 10.2 Å². The highest BCUT2D eigenvalue weighted by atomic mass is 16.2. The molecular weight excluding hydrogens is 450 g/mol. The predicted octanol–water partition coefficient (Wildman–Crippen LogP) is 5.22. The number of amides is 3. The topological polar surface area (TPSA) is 69.7 Å². The number of hydrogen-bond donors (Lipinski definition) is 1. The molecule has 1 aliphatic heterocycles. The van der Waals surface area contributed by atoms with Crippen LogP contribution >= 0.6 is 0 Å². The van der Waals surface area contributed by atoms with Crippen molar-refractivity contribution < 1.29 is 14.4 Å². The minimum Gasteiger partial charge on any atom is -0.352 e. The molecule has 3 amide bonds. The Morgan fingerprint density at radius 3 is 2.39 bits per heavy atom. The number of nitrogens with zero attached hydrogens (tertiary/aromatic N) is 2. The van der Waals surface area contributed by atoms with E-state index < -0.39 is 6.04 Å². The molecule has 188 valence electrons. The van der Waals surface area contributed by atoms with Crippen LogP contribution in [0, 0.1) is 6.92 Å². The molecule has 1 N–H and O–H groups in total. The summed E-state index contributed by atoms with van der Waals surface area (Å²) in [5, 5.41) is 5.02. The lowest BCUT2D eigenvalue weighted by Crippen LogP contribution is -2.49. The molecule has 4 rings (SSSR count). The molecule has 1 heterocycles. The van der Waals surface area contributed by atoms with Gasteiger partial charge < -0.3 is 15.1 Å². The Kier molecular flexibility index (Phi) is 7.73. The zero-order valence-corrected chi connectivity index (χ0v) is 21.6. The number of anilines is 1. The van der Waals surface area contributed by atoms with E-state index in [9.17, 15) is 14.4 Å². The van der Waals surface area contributed by atoms with E-state index in [0.717, 1.165) is 34.0 Å². The molecule has 0 aliphatic carbocycles. The number of carbonyl (C=O) groups is 3. The molecule has 6 heteroatoms. The molecule has 1 aliphatic rings. The molecule has 0 fully saturated rings. The molecular formula is C30H35N3O3. The molecule has 0 radical (unpaired) electrons. The fourth-order valence-electron chi connectivity index (χ4n) is 4.67. The largest absolute Gasteiger partial charge is 0.352 e. The second-order valence-corrected chi connectivity index (χ2v) is 9.74. The lowest BCUT2D eigenvalue weighted by Gasteiger charge is -2.30. The Morgan fingerprint density at radius 2 is 1.69 bits per heavy atom. The monoisotopic (exact) mass is 485 g/mol. The Bertz CT molecular complexity index is 1260. The fourth-order valence-corrected chi connectivity index (χ4v) is 4.67. The highest BCUT2D eigenvalue weighted by Crippen LogP contribution is 2.37. The first kappa shape index (κ1) is 25.4. The van der Waals surface area contributed by atoms with E-state index in [2.05, 4.69) is 5.32 Å². The number of benzene rings is 3. The summed E-state index contributed by atoms with van der Waals surface area (Å²) in [4.78, 5) is 42.8. The van der Waals surface area contributed by atoms with Gasteiger partial charge in [0.1, 0.15) is 6.04 Å². The van der Waals surface area contributed by atoms with Gasteiger partial charge in [-0.3, -0.25) is 14.4 Å². The zero-order valence-electron chi connectivity index (χ0n) is 21.6. The van der Waals surface area contributed by atoms with Gasteiger partial charge in [0.25, 0.3) is 5.91 Å². The summed E-state index contributed by atoms with van der Waals surface area (Å²) in [5.74, 6) is -0.265. The van der Waals surface area contributed by atoms with Gasteiger partial charge >= 0.3 is 0 Å². The molecule has 6 nitrogen and oxygen atoms in total. The fraction of sp³-hybridized carbons (Fsp3) is 0.367. The Morgan fingerprint density at radius 1 is 1.00 bits per heavy atom. The normalized spacial score (nSPS) is 14.1. The van der Waals surface area contributed by atoms with Gasteiger partial charge in [0, 0.05) is 36.5 Å². The van der Waals surface area contributed by atoms with Gasteiger partial charge in [0.15, 0.2) is 0 Å².